The summed E-state index contributed by atoms with van der Waals surface area (Å²) < 4.78 is 0. The van der Waals surface area contributed by atoms with Crippen LogP contribution in [0.2, 0.25) is 0 Å². The minimum absolute atomic E-state index is 0.00646. The molecule has 1 aliphatic heterocycles. The van der Waals surface area contributed by atoms with Crippen LogP contribution in [-0.2, 0) is 17.8 Å². The third-order valence-corrected chi connectivity index (χ3v) is 2.88. The molecule has 4 heteroatoms. The quantitative estimate of drug-likeness (QED) is 0.759. The van der Waals surface area contributed by atoms with Gasteiger partial charge in [-0.3, -0.25) is 4.79 Å². The summed E-state index contributed by atoms with van der Waals surface area (Å²) in [5, 5.41) is 9.07. The summed E-state index contributed by atoms with van der Waals surface area (Å²) in [4.78, 5) is 13.6. The van der Waals surface area contributed by atoms with Gasteiger partial charge in [0.25, 0.3) is 0 Å². The monoisotopic (exact) mass is 220 g/mol. The van der Waals surface area contributed by atoms with Crippen LogP contribution in [0.4, 0.5) is 5.69 Å². The number of nitrogens with two attached hydrogens (primary N) is 1. The van der Waals surface area contributed by atoms with E-state index in [9.17, 15) is 4.79 Å². The van der Waals surface area contributed by atoms with E-state index in [1.807, 2.05) is 18.2 Å². The first kappa shape index (κ1) is 11.1. The standard InChI is InChI=1S/C12H16N2O2/c1-8(13)12(16)14-5-4-10-3-2-9(7-15)6-11(10)14/h2-3,6,8,15H,4-5,7,13H2,1H3. The van der Waals surface area contributed by atoms with Crippen molar-refractivity contribution in [2.75, 3.05) is 11.4 Å². The largest absolute Gasteiger partial charge is 0.392 e. The Kier molecular flexibility index (Phi) is 2.94. The molecule has 0 aliphatic carbocycles. The minimum atomic E-state index is -0.483. The zero-order chi connectivity index (χ0) is 11.7. The lowest BCUT2D eigenvalue weighted by atomic mass is 10.1. The van der Waals surface area contributed by atoms with Gasteiger partial charge in [0.15, 0.2) is 0 Å². The number of nitrogens with zero attached hydrogens (tertiary/aromatic N) is 1. The van der Waals surface area contributed by atoms with Gasteiger partial charge in [-0.1, -0.05) is 12.1 Å². The number of carbonyl (C=O) groups is 1. The second kappa shape index (κ2) is 4.23. The first-order valence-electron chi connectivity index (χ1n) is 5.43. The van der Waals surface area contributed by atoms with E-state index in [0.717, 1.165) is 23.2 Å². The number of aliphatic hydroxyl groups is 1. The zero-order valence-corrected chi connectivity index (χ0v) is 9.31. The maximum Gasteiger partial charge on any atom is 0.243 e. The van der Waals surface area contributed by atoms with E-state index >= 15 is 0 Å². The average molecular weight is 220 g/mol. The summed E-state index contributed by atoms with van der Waals surface area (Å²) in [6.45, 7) is 2.37. The zero-order valence-electron chi connectivity index (χ0n) is 9.31. The van der Waals surface area contributed by atoms with Gasteiger partial charge in [-0.05, 0) is 30.5 Å². The number of carbonyl (C=O) groups excluding carboxylic acids is 1. The molecule has 3 N–H and O–H groups in total. The second-order valence-electron chi connectivity index (χ2n) is 4.15. The number of aliphatic hydroxyl groups excluding tert-OH is 1. The predicted molar refractivity (Wildman–Crippen MR) is 62.1 cm³/mol. The van der Waals surface area contributed by atoms with Crippen molar-refractivity contribution in [3.63, 3.8) is 0 Å². The van der Waals surface area contributed by atoms with Gasteiger partial charge in [0.1, 0.15) is 0 Å². The van der Waals surface area contributed by atoms with E-state index < -0.39 is 6.04 Å². The fourth-order valence-electron chi connectivity index (χ4n) is 2.00. The number of hydrogen-bond donors (Lipinski definition) is 2. The summed E-state index contributed by atoms with van der Waals surface area (Å²) in [7, 11) is 0. The molecule has 16 heavy (non-hydrogen) atoms. The molecule has 86 valence electrons. The van der Waals surface area contributed by atoms with Crippen LogP contribution in [0, 0.1) is 0 Å². The number of rotatable bonds is 2. The van der Waals surface area contributed by atoms with Gasteiger partial charge in [0, 0.05) is 12.2 Å². The number of hydrogen-bond acceptors (Lipinski definition) is 3. The molecule has 1 unspecified atom stereocenters. The Morgan fingerprint density at radius 2 is 2.38 bits per heavy atom. The van der Waals surface area contributed by atoms with Crippen LogP contribution in [0.15, 0.2) is 18.2 Å². The topological polar surface area (TPSA) is 66.6 Å². The molecular formula is C12H16N2O2. The van der Waals surface area contributed by atoms with E-state index in [1.54, 1.807) is 11.8 Å². The Balaban J connectivity index is 2.34. The van der Waals surface area contributed by atoms with Gasteiger partial charge in [0.2, 0.25) is 5.91 Å². The highest BCUT2D eigenvalue weighted by atomic mass is 16.3. The number of amides is 1. The molecule has 1 aromatic carbocycles. The number of anilines is 1. The maximum atomic E-state index is 11.8. The molecule has 1 atom stereocenters. The van der Waals surface area contributed by atoms with E-state index in [0.29, 0.717) is 6.54 Å². The SMILES string of the molecule is CC(N)C(=O)N1CCc2ccc(CO)cc21. The number of benzene rings is 1. The molecule has 1 amide bonds. The van der Waals surface area contributed by atoms with E-state index in [4.69, 9.17) is 10.8 Å². The van der Waals surface area contributed by atoms with Crippen LogP contribution in [0.25, 0.3) is 0 Å². The lowest BCUT2D eigenvalue weighted by Crippen LogP contribution is -2.41. The lowest BCUT2D eigenvalue weighted by Gasteiger charge is -2.19. The van der Waals surface area contributed by atoms with E-state index in [-0.39, 0.29) is 12.5 Å². The molecule has 0 saturated carbocycles. The molecule has 0 radical (unpaired) electrons. The molecule has 4 nitrogen and oxygen atoms in total. The second-order valence-corrected chi connectivity index (χ2v) is 4.15. The number of fused-ring (bicyclic) bond motifs is 1. The molecule has 0 spiro atoms. The Morgan fingerprint density at radius 1 is 1.62 bits per heavy atom. The van der Waals surface area contributed by atoms with Gasteiger partial charge < -0.3 is 15.7 Å². The van der Waals surface area contributed by atoms with Crippen LogP contribution in [0.5, 0.6) is 0 Å². The van der Waals surface area contributed by atoms with Gasteiger partial charge >= 0.3 is 0 Å². The average Bonchev–Trinajstić information content (AvgIpc) is 2.70. The summed E-state index contributed by atoms with van der Waals surface area (Å²) in [6.07, 6.45) is 0.861. The van der Waals surface area contributed by atoms with Crippen molar-refractivity contribution in [1.29, 1.82) is 0 Å². The summed E-state index contributed by atoms with van der Waals surface area (Å²) in [5.41, 5.74) is 8.47. The Labute approximate surface area is 94.7 Å². The first-order valence-corrected chi connectivity index (χ1v) is 5.43. The maximum absolute atomic E-state index is 11.8. The Morgan fingerprint density at radius 3 is 3.00 bits per heavy atom. The molecule has 2 rings (SSSR count). The minimum Gasteiger partial charge on any atom is -0.392 e. The molecule has 0 fully saturated rings. The van der Waals surface area contributed by atoms with E-state index in [2.05, 4.69) is 0 Å². The van der Waals surface area contributed by atoms with Crippen molar-refractivity contribution in [2.24, 2.45) is 5.73 Å². The molecule has 0 bridgehead atoms. The smallest absolute Gasteiger partial charge is 0.243 e. The highest BCUT2D eigenvalue weighted by Gasteiger charge is 2.26. The summed E-state index contributed by atoms with van der Waals surface area (Å²) >= 11 is 0. The van der Waals surface area contributed by atoms with Gasteiger partial charge in [-0.2, -0.15) is 0 Å². The fraction of sp³-hybridized carbons (Fsp3) is 0.417. The van der Waals surface area contributed by atoms with Crippen molar-refractivity contribution in [3.8, 4) is 0 Å². The highest BCUT2D eigenvalue weighted by Crippen LogP contribution is 2.29. The normalized spacial score (nSPS) is 16.1. The third kappa shape index (κ3) is 1.81. The van der Waals surface area contributed by atoms with Gasteiger partial charge in [0.05, 0.1) is 12.6 Å². The highest BCUT2D eigenvalue weighted by molar-refractivity contribution is 5.98. The molecule has 0 aromatic heterocycles. The molecule has 0 saturated heterocycles. The molecular weight excluding hydrogens is 204 g/mol. The van der Waals surface area contributed by atoms with Crippen molar-refractivity contribution in [3.05, 3.63) is 29.3 Å². The van der Waals surface area contributed by atoms with Crippen LogP contribution in [0.3, 0.4) is 0 Å². The van der Waals surface area contributed by atoms with Gasteiger partial charge in [-0.15, -0.1) is 0 Å². The summed E-state index contributed by atoms with van der Waals surface area (Å²) in [5.74, 6) is -0.0613. The molecule has 1 aliphatic rings. The fourth-order valence-corrected chi connectivity index (χ4v) is 2.00. The predicted octanol–water partition coefficient (Wildman–Crippen LogP) is 0.415. The van der Waals surface area contributed by atoms with Gasteiger partial charge in [-0.25, -0.2) is 0 Å². The van der Waals surface area contributed by atoms with Crippen LogP contribution < -0.4 is 10.6 Å². The Bertz CT molecular complexity index is 415. The van der Waals surface area contributed by atoms with Crippen molar-refractivity contribution < 1.29 is 9.90 Å². The van der Waals surface area contributed by atoms with Crippen LogP contribution in [-0.4, -0.2) is 23.6 Å². The van der Waals surface area contributed by atoms with Crippen LogP contribution >= 0.6 is 0 Å². The van der Waals surface area contributed by atoms with E-state index in [1.165, 1.54) is 0 Å². The Hall–Kier alpha value is -1.39. The van der Waals surface area contributed by atoms with Crippen molar-refractivity contribution >= 4 is 11.6 Å². The lowest BCUT2D eigenvalue weighted by molar-refractivity contribution is -0.119. The summed E-state index contributed by atoms with van der Waals surface area (Å²) in [6, 6.07) is 5.24. The molecule has 1 heterocycles. The van der Waals surface area contributed by atoms with Crippen molar-refractivity contribution in [1.82, 2.24) is 0 Å². The molecule has 1 aromatic rings. The van der Waals surface area contributed by atoms with Crippen LogP contribution in [0.1, 0.15) is 18.1 Å². The first-order chi connectivity index (χ1) is 7.63. The third-order valence-electron chi connectivity index (χ3n) is 2.88. The van der Waals surface area contributed by atoms with Crippen molar-refractivity contribution in [2.45, 2.75) is 26.0 Å².